The number of nitrogens with two attached hydrogens (primary N) is 2. The summed E-state index contributed by atoms with van der Waals surface area (Å²) in [7, 11) is 0. The van der Waals surface area contributed by atoms with E-state index in [9.17, 15) is 14.4 Å². The van der Waals surface area contributed by atoms with Gasteiger partial charge >= 0.3 is 0 Å². The van der Waals surface area contributed by atoms with Crippen LogP contribution >= 0.6 is 23.1 Å². The molecule has 1 atom stereocenters. The summed E-state index contributed by atoms with van der Waals surface area (Å²) in [5.74, 6) is -1.25. The van der Waals surface area contributed by atoms with E-state index < -0.39 is 23.8 Å². The summed E-state index contributed by atoms with van der Waals surface area (Å²) in [4.78, 5) is 40.6. The predicted octanol–water partition coefficient (Wildman–Crippen LogP) is 4.39. The number of nitrogens with zero attached hydrogens (tertiary/aromatic N) is 2. The van der Waals surface area contributed by atoms with E-state index in [0.29, 0.717) is 16.5 Å². The topological polar surface area (TPSA) is 145 Å². The van der Waals surface area contributed by atoms with E-state index >= 15 is 0 Å². The van der Waals surface area contributed by atoms with Crippen LogP contribution in [0.1, 0.15) is 48.8 Å². The van der Waals surface area contributed by atoms with Crippen molar-refractivity contribution in [1.82, 2.24) is 9.69 Å². The molecule has 190 valence electrons. The molecule has 37 heavy (non-hydrogen) atoms. The molecule has 5 N–H and O–H groups in total. The van der Waals surface area contributed by atoms with Crippen molar-refractivity contribution in [1.29, 1.82) is 0 Å². The number of amides is 3. The number of carbonyl (C=O) groups is 3. The minimum atomic E-state index is -1.23. The van der Waals surface area contributed by atoms with Gasteiger partial charge in [-0.1, -0.05) is 48.0 Å². The van der Waals surface area contributed by atoms with Gasteiger partial charge < -0.3 is 21.2 Å². The van der Waals surface area contributed by atoms with E-state index in [1.165, 1.54) is 4.90 Å². The molecule has 9 nitrogen and oxygen atoms in total. The number of benzene rings is 2. The summed E-state index contributed by atoms with van der Waals surface area (Å²) in [5, 5.41) is 3.28. The van der Waals surface area contributed by atoms with Gasteiger partial charge in [0.05, 0.1) is 5.69 Å². The fraction of sp³-hybridized carbons (Fsp3) is 0.154. The van der Waals surface area contributed by atoms with E-state index in [1.807, 2.05) is 37.3 Å². The molecule has 0 aliphatic carbocycles. The average Bonchev–Trinajstić information content (AvgIpc) is 3.48. The maximum atomic E-state index is 14.0. The van der Waals surface area contributed by atoms with Crippen LogP contribution in [0.4, 0.5) is 11.4 Å². The Balaban J connectivity index is 1.83. The molecule has 11 heteroatoms. The molecule has 0 radical (unpaired) electrons. The molecule has 3 amide bonds. The van der Waals surface area contributed by atoms with Crippen LogP contribution in [0.2, 0.25) is 5.02 Å². The predicted molar refractivity (Wildman–Crippen MR) is 143 cm³/mol. The van der Waals surface area contributed by atoms with Gasteiger partial charge in [0.2, 0.25) is 0 Å². The van der Waals surface area contributed by atoms with Crippen LogP contribution in [-0.2, 0) is 11.3 Å². The lowest BCUT2D eigenvalue weighted by atomic mass is 10.1. The minimum absolute atomic E-state index is 0.0466. The lowest BCUT2D eigenvalue weighted by Crippen LogP contribution is -2.43. The molecule has 0 aliphatic rings. The highest BCUT2D eigenvalue weighted by atomic mass is 35.5. The van der Waals surface area contributed by atoms with Gasteiger partial charge in [-0.3, -0.25) is 19.3 Å². The monoisotopic (exact) mass is 537 g/mol. The minimum Gasteiger partial charge on any atom is -0.464 e. The number of halogens is 1. The van der Waals surface area contributed by atoms with Crippen molar-refractivity contribution in [3.8, 4) is 0 Å². The number of anilines is 2. The Kier molecular flexibility index (Phi) is 7.61. The largest absolute Gasteiger partial charge is 0.464 e. The molecule has 4 aromatic rings. The molecule has 2 heterocycles. The fourth-order valence-corrected chi connectivity index (χ4v) is 4.63. The number of carbonyl (C=O) groups excluding carboxylic acids is 3. The number of aryl methyl sites for hydroxylation is 2. The lowest BCUT2D eigenvalue weighted by Gasteiger charge is -2.30. The molecule has 0 bridgehead atoms. The molecule has 0 aliphatic heterocycles. The van der Waals surface area contributed by atoms with Crippen molar-refractivity contribution >= 4 is 52.2 Å². The number of furan rings is 1. The number of rotatable bonds is 8. The van der Waals surface area contributed by atoms with E-state index in [2.05, 4.69) is 9.69 Å². The van der Waals surface area contributed by atoms with Gasteiger partial charge in [-0.25, -0.2) is 0 Å². The maximum Gasteiger partial charge on any atom is 0.273 e. The van der Waals surface area contributed by atoms with Gasteiger partial charge in [0.1, 0.15) is 16.4 Å². The second-order valence-electron chi connectivity index (χ2n) is 8.30. The Morgan fingerprint density at radius 1 is 1.11 bits per heavy atom. The molecule has 0 saturated heterocycles. The Morgan fingerprint density at radius 3 is 2.43 bits per heavy atom. The zero-order chi connectivity index (χ0) is 26.7. The Bertz CT molecular complexity index is 1470. The van der Waals surface area contributed by atoms with Gasteiger partial charge in [-0.05, 0) is 60.8 Å². The fourth-order valence-electron chi connectivity index (χ4n) is 3.71. The Hall–Kier alpha value is -4.15. The molecule has 0 spiro atoms. The second kappa shape index (κ2) is 10.9. The molecule has 0 unspecified atom stereocenters. The van der Waals surface area contributed by atoms with Gasteiger partial charge in [0, 0.05) is 17.3 Å². The van der Waals surface area contributed by atoms with Crippen LogP contribution in [0.3, 0.4) is 0 Å². The Morgan fingerprint density at radius 2 is 1.84 bits per heavy atom. The van der Waals surface area contributed by atoms with Crippen LogP contribution in [0.5, 0.6) is 0 Å². The third-order valence-corrected chi connectivity index (χ3v) is 6.91. The summed E-state index contributed by atoms with van der Waals surface area (Å²) >= 11 is 7.12. The summed E-state index contributed by atoms with van der Waals surface area (Å²) in [6.07, 6.45) is 0. The third-order valence-electron chi connectivity index (χ3n) is 5.65. The lowest BCUT2D eigenvalue weighted by molar-refractivity contribution is -0.123. The first-order valence-corrected chi connectivity index (χ1v) is 12.3. The van der Waals surface area contributed by atoms with Crippen molar-refractivity contribution in [2.75, 3.05) is 10.6 Å². The summed E-state index contributed by atoms with van der Waals surface area (Å²) in [5.41, 5.74) is 13.0. The first kappa shape index (κ1) is 25.9. The number of aromatic nitrogens is 1. The number of nitrogens with one attached hydrogen (secondary N) is 1. The first-order chi connectivity index (χ1) is 17.7. The molecular formula is C26H24ClN5O4S. The van der Waals surface area contributed by atoms with Gasteiger partial charge in [0.15, 0.2) is 11.7 Å². The normalized spacial score (nSPS) is 11.6. The second-order valence-corrected chi connectivity index (χ2v) is 9.48. The summed E-state index contributed by atoms with van der Waals surface area (Å²) < 4.78 is 9.78. The third kappa shape index (κ3) is 5.50. The molecule has 2 aromatic heterocycles. The number of primary amides is 1. The number of hydrogen-bond acceptors (Lipinski definition) is 7. The number of hydrogen-bond donors (Lipinski definition) is 3. The maximum absolute atomic E-state index is 14.0. The van der Waals surface area contributed by atoms with Gasteiger partial charge in [-0.15, -0.1) is 0 Å². The van der Waals surface area contributed by atoms with Gasteiger partial charge in [-0.2, -0.15) is 4.37 Å². The van der Waals surface area contributed by atoms with E-state index in [0.717, 1.165) is 22.7 Å². The van der Waals surface area contributed by atoms with Crippen LogP contribution < -0.4 is 21.7 Å². The molecule has 2 aromatic carbocycles. The number of nitrogen functional groups attached to an aromatic ring is 1. The smallest absolute Gasteiger partial charge is 0.273 e. The standard InChI is InChI=1S/C26H24ClN5O4S/c1-14-8-10-17(12-18(14)27)32(26(35)23-20(28)21(24(29)33)31-37-23)22(19-11-9-15(2)36-19)25(34)30-13-16-6-4-3-5-7-16/h3-12,22H,13,28H2,1-2H3,(H2,29,33)(H,30,34)/t22-/m1/s1. The van der Waals surface area contributed by atoms with Crippen molar-refractivity contribution in [2.45, 2.75) is 26.4 Å². The zero-order valence-electron chi connectivity index (χ0n) is 20.0. The van der Waals surface area contributed by atoms with Crippen molar-refractivity contribution < 1.29 is 18.8 Å². The van der Waals surface area contributed by atoms with Gasteiger partial charge in [0.25, 0.3) is 17.7 Å². The average molecular weight is 538 g/mol. The van der Waals surface area contributed by atoms with E-state index in [-0.39, 0.29) is 28.6 Å². The summed E-state index contributed by atoms with van der Waals surface area (Å²) in [6, 6.07) is 16.4. The van der Waals surface area contributed by atoms with Crippen LogP contribution in [0.25, 0.3) is 0 Å². The van der Waals surface area contributed by atoms with E-state index in [1.54, 1.807) is 37.3 Å². The van der Waals surface area contributed by atoms with E-state index in [4.69, 9.17) is 27.5 Å². The highest BCUT2D eigenvalue weighted by Gasteiger charge is 2.38. The molecular weight excluding hydrogens is 514 g/mol. The Labute approximate surface area is 222 Å². The molecule has 4 rings (SSSR count). The van der Waals surface area contributed by atoms with Crippen molar-refractivity contribution in [2.24, 2.45) is 5.73 Å². The van der Waals surface area contributed by atoms with Crippen molar-refractivity contribution in [3.63, 3.8) is 0 Å². The van der Waals surface area contributed by atoms with Crippen LogP contribution in [0.15, 0.2) is 65.1 Å². The van der Waals surface area contributed by atoms with Crippen molar-refractivity contribution in [3.05, 3.63) is 98.9 Å². The molecule has 0 fully saturated rings. The molecule has 0 saturated carbocycles. The summed E-state index contributed by atoms with van der Waals surface area (Å²) in [6.45, 7) is 3.78. The quantitative estimate of drug-likeness (QED) is 0.304. The highest BCUT2D eigenvalue weighted by Crippen LogP contribution is 2.35. The van der Waals surface area contributed by atoms with Crippen LogP contribution in [-0.4, -0.2) is 22.1 Å². The zero-order valence-corrected chi connectivity index (χ0v) is 21.6. The first-order valence-electron chi connectivity index (χ1n) is 11.2. The highest BCUT2D eigenvalue weighted by molar-refractivity contribution is 7.09. The SMILES string of the molecule is Cc1ccc([C@H](C(=O)NCc2ccccc2)N(C(=O)c2snc(C(N)=O)c2N)c2ccc(C)c(Cl)c2)o1. The van der Waals surface area contributed by atoms with Crippen LogP contribution in [0, 0.1) is 13.8 Å².